The van der Waals surface area contributed by atoms with Gasteiger partial charge in [0.2, 0.25) is 12.1 Å². The number of carbonyl (C=O) groups is 2. The van der Waals surface area contributed by atoms with Crippen LogP contribution in [-0.2, 0) is 23.7 Å². The molecule has 6 rings (SSSR count). The molecule has 1 aliphatic heterocycles. The lowest BCUT2D eigenvalue weighted by molar-refractivity contribution is -0.249. The van der Waals surface area contributed by atoms with Gasteiger partial charge in [0.25, 0.3) is 0 Å². The first-order valence-corrected chi connectivity index (χ1v) is 18.9. The molecule has 14 atom stereocenters. The summed E-state index contributed by atoms with van der Waals surface area (Å²) >= 11 is 0. The molecule has 0 aromatic rings. The fourth-order valence-corrected chi connectivity index (χ4v) is 13.1. The number of hydrogen-bond donors (Lipinski definition) is 4. The van der Waals surface area contributed by atoms with E-state index >= 15 is 0 Å². The molecule has 10 heteroatoms. The van der Waals surface area contributed by atoms with Gasteiger partial charge in [-0.2, -0.15) is 0 Å². The molecule has 5 saturated carbocycles. The molecule has 6 fully saturated rings. The zero-order chi connectivity index (χ0) is 35.7. The van der Waals surface area contributed by atoms with E-state index in [1.807, 2.05) is 0 Å². The number of aliphatic hydroxyl groups excluding tert-OH is 4. The van der Waals surface area contributed by atoms with Gasteiger partial charge >= 0.3 is 6.16 Å². The van der Waals surface area contributed by atoms with Gasteiger partial charge in [0, 0.05) is 5.41 Å². The molecule has 0 spiro atoms. The number of carbonyl (C=O) groups excluding carboxylic acids is 2. The van der Waals surface area contributed by atoms with Crippen molar-refractivity contribution in [2.24, 2.45) is 56.7 Å². The average Bonchev–Trinajstić information content (AvgIpc) is 3.44. The molecule has 4 N–H and O–H groups in total. The van der Waals surface area contributed by atoms with Crippen LogP contribution in [0.1, 0.15) is 106 Å². The van der Waals surface area contributed by atoms with E-state index < -0.39 is 43.1 Å². The molecule has 5 aliphatic carbocycles. The molecule has 0 aromatic carbocycles. The van der Waals surface area contributed by atoms with Crippen LogP contribution >= 0.6 is 0 Å². The van der Waals surface area contributed by atoms with Crippen molar-refractivity contribution in [3.63, 3.8) is 0 Å². The first-order chi connectivity index (χ1) is 23.0. The van der Waals surface area contributed by atoms with Gasteiger partial charge < -0.3 is 39.4 Å². The monoisotopic (exact) mass is 690 g/mol. The van der Waals surface area contributed by atoms with Crippen LogP contribution in [0.15, 0.2) is 12.2 Å². The van der Waals surface area contributed by atoms with Crippen molar-refractivity contribution >= 4 is 11.9 Å². The third-order valence-corrected chi connectivity index (χ3v) is 16.0. The van der Waals surface area contributed by atoms with Crippen molar-refractivity contribution in [1.29, 1.82) is 0 Å². The summed E-state index contributed by atoms with van der Waals surface area (Å²) in [4.78, 5) is 25.1. The molecule has 0 bridgehead atoms. The highest BCUT2D eigenvalue weighted by molar-refractivity contribution is 5.87. The van der Waals surface area contributed by atoms with Gasteiger partial charge in [-0.25, -0.2) is 4.79 Å². The Hall–Kier alpha value is -1.56. The Morgan fingerprint density at radius 2 is 1.61 bits per heavy atom. The van der Waals surface area contributed by atoms with E-state index in [0.717, 1.165) is 38.5 Å². The van der Waals surface area contributed by atoms with Crippen molar-refractivity contribution in [3.8, 4) is 0 Å². The van der Waals surface area contributed by atoms with E-state index in [-0.39, 0.29) is 46.4 Å². The first kappa shape index (κ1) is 37.2. The summed E-state index contributed by atoms with van der Waals surface area (Å²) in [6, 6.07) is 0. The van der Waals surface area contributed by atoms with Crippen molar-refractivity contribution in [1.82, 2.24) is 0 Å². The van der Waals surface area contributed by atoms with Crippen molar-refractivity contribution < 1.29 is 49.0 Å². The molecule has 10 nitrogen and oxygen atoms in total. The fourth-order valence-electron chi connectivity index (χ4n) is 13.1. The van der Waals surface area contributed by atoms with Crippen molar-refractivity contribution in [2.45, 2.75) is 136 Å². The van der Waals surface area contributed by atoms with Gasteiger partial charge in [-0.1, -0.05) is 46.8 Å². The Labute approximate surface area is 292 Å². The second kappa shape index (κ2) is 13.1. The highest BCUT2D eigenvalue weighted by Crippen LogP contribution is 2.77. The van der Waals surface area contributed by atoms with E-state index in [4.69, 9.17) is 18.9 Å². The second-order valence-electron chi connectivity index (χ2n) is 18.2. The maximum atomic E-state index is 12.9. The molecule has 0 aromatic heterocycles. The Kier molecular flexibility index (Phi) is 9.97. The topological polar surface area (TPSA) is 152 Å². The number of hydrogen-bond acceptors (Lipinski definition) is 10. The fraction of sp³-hybridized carbons (Fsp3) is 0.897. The number of allylic oxidation sites excluding steroid dienone is 1. The molecule has 14 unspecified atom stereocenters. The lowest BCUT2D eigenvalue weighted by Crippen LogP contribution is -2.66. The zero-order valence-corrected chi connectivity index (χ0v) is 30.6. The van der Waals surface area contributed by atoms with Crippen LogP contribution in [0.4, 0.5) is 4.79 Å². The van der Waals surface area contributed by atoms with Gasteiger partial charge in [-0.05, 0) is 122 Å². The number of aliphatic hydroxyl groups is 4. The molecule has 0 radical (unpaired) electrons. The van der Waals surface area contributed by atoms with Gasteiger partial charge in [0.15, 0.2) is 0 Å². The van der Waals surface area contributed by atoms with Crippen molar-refractivity contribution in [3.05, 3.63) is 12.2 Å². The minimum absolute atomic E-state index is 0.0709. The van der Waals surface area contributed by atoms with Crippen molar-refractivity contribution in [2.75, 3.05) is 26.4 Å². The lowest BCUT2D eigenvalue weighted by atomic mass is 9.32. The van der Waals surface area contributed by atoms with E-state index in [0.29, 0.717) is 36.2 Å². The Morgan fingerprint density at radius 1 is 0.878 bits per heavy atom. The number of fused-ring (bicyclic) bond motifs is 7. The minimum Gasteiger partial charge on any atom is -0.434 e. The first-order valence-electron chi connectivity index (χ1n) is 18.9. The second-order valence-corrected chi connectivity index (χ2v) is 18.2. The molecule has 278 valence electrons. The van der Waals surface area contributed by atoms with Crippen LogP contribution in [0.5, 0.6) is 0 Å². The molecule has 1 saturated heterocycles. The summed E-state index contributed by atoms with van der Waals surface area (Å²) in [7, 11) is 0. The van der Waals surface area contributed by atoms with E-state index in [9.17, 15) is 30.0 Å². The van der Waals surface area contributed by atoms with Crippen LogP contribution in [0, 0.1) is 56.7 Å². The highest BCUT2D eigenvalue weighted by atomic mass is 16.7. The van der Waals surface area contributed by atoms with Gasteiger partial charge in [0.05, 0.1) is 19.3 Å². The minimum atomic E-state index is -1.73. The predicted octanol–water partition coefficient (Wildman–Crippen LogP) is 5.18. The van der Waals surface area contributed by atoms with Crippen LogP contribution in [0.25, 0.3) is 0 Å². The maximum absolute atomic E-state index is 12.9. The Morgan fingerprint density at radius 3 is 2.31 bits per heavy atom. The highest BCUT2D eigenvalue weighted by Gasteiger charge is 2.71. The van der Waals surface area contributed by atoms with Gasteiger partial charge in [0.1, 0.15) is 31.5 Å². The molecule has 0 amide bonds. The smallest absolute Gasteiger partial charge is 0.434 e. The summed E-state index contributed by atoms with van der Waals surface area (Å²) in [5.41, 5.74) is 1.59. The van der Waals surface area contributed by atoms with Gasteiger partial charge in [-0.15, -0.1) is 0 Å². The summed E-state index contributed by atoms with van der Waals surface area (Å²) < 4.78 is 21.8. The van der Waals surface area contributed by atoms with Crippen LogP contribution in [0.2, 0.25) is 0 Å². The maximum Gasteiger partial charge on any atom is 0.508 e. The zero-order valence-electron chi connectivity index (χ0n) is 30.6. The number of Topliss-reactive ketones (excluding diaryl/α,β-unsaturated/α-hetero) is 1. The summed E-state index contributed by atoms with van der Waals surface area (Å²) in [6.45, 7) is 18.3. The number of ketones is 1. The Bertz CT molecular complexity index is 1280. The summed E-state index contributed by atoms with van der Waals surface area (Å²) in [5, 5.41) is 40.2. The largest absolute Gasteiger partial charge is 0.508 e. The third-order valence-electron chi connectivity index (χ3n) is 16.0. The molecule has 6 aliphatic rings. The molecule has 1 heterocycles. The van der Waals surface area contributed by atoms with Crippen LogP contribution in [0.3, 0.4) is 0 Å². The lowest BCUT2D eigenvalue weighted by Gasteiger charge is -2.73. The molecular weight excluding hydrogens is 628 g/mol. The third kappa shape index (κ3) is 5.74. The standard InChI is InChI=1S/C39H62O10/c1-22(2)23-10-15-39(21-48-34(45)47-19-18-46-33-32(44)31(43)30(42)25(20-40)49-33)17-16-37(6)24(29(23)39)8-9-27-36(5)13-12-28(41)35(3,4)26(36)11-14-38(27,37)7/h23-31,33,40-43H,1,8-21H2,2-7H3. The number of rotatable bonds is 8. The number of ether oxygens (including phenoxy) is 4. The quantitative estimate of drug-likeness (QED) is 0.152. The van der Waals surface area contributed by atoms with E-state index in [1.165, 1.54) is 31.3 Å². The SMILES string of the molecule is C=C(C)C1CCC2(COC(=O)OCCOC3OC(CO)C(O)C(O)C3=O)CCC3(C)C(CCC4C5(C)CCC(O)C(C)(C)C5CCC43C)C12. The molecule has 49 heavy (non-hydrogen) atoms. The average molecular weight is 691 g/mol. The summed E-state index contributed by atoms with van der Waals surface area (Å²) in [5.74, 6) is 1.56. The summed E-state index contributed by atoms with van der Waals surface area (Å²) in [6.07, 6.45) is 3.95. The van der Waals surface area contributed by atoms with Crippen LogP contribution < -0.4 is 0 Å². The van der Waals surface area contributed by atoms with E-state index in [1.54, 1.807) is 0 Å². The van der Waals surface area contributed by atoms with Gasteiger partial charge in [-0.3, -0.25) is 4.79 Å². The normalized spacial score (nSPS) is 48.8. The predicted molar refractivity (Wildman–Crippen MR) is 181 cm³/mol. The van der Waals surface area contributed by atoms with E-state index in [2.05, 4.69) is 48.1 Å². The van der Waals surface area contributed by atoms with Crippen LogP contribution in [-0.4, -0.2) is 89.5 Å². The Balaban J connectivity index is 1.12. The molecular formula is C39H62O10.